The molecule has 6 nitrogen and oxygen atoms in total. The zero-order chi connectivity index (χ0) is 12.8. The van der Waals surface area contributed by atoms with Crippen LogP contribution >= 0.6 is 0 Å². The lowest BCUT2D eigenvalue weighted by molar-refractivity contribution is -0.121. The number of imide groups is 1. The van der Waals surface area contributed by atoms with Crippen molar-refractivity contribution in [2.75, 3.05) is 19.6 Å². The van der Waals surface area contributed by atoms with Crippen molar-refractivity contribution >= 4 is 11.9 Å². The SMILES string of the molecule is CC(C)NC(=O)NC(=O)CN1CCC(O)CC1. The van der Waals surface area contributed by atoms with Crippen LogP contribution in [0.1, 0.15) is 26.7 Å². The van der Waals surface area contributed by atoms with Crippen molar-refractivity contribution in [3.63, 3.8) is 0 Å². The molecule has 1 heterocycles. The summed E-state index contributed by atoms with van der Waals surface area (Å²) in [5.41, 5.74) is 0. The van der Waals surface area contributed by atoms with Crippen molar-refractivity contribution in [1.82, 2.24) is 15.5 Å². The van der Waals surface area contributed by atoms with Gasteiger partial charge in [-0.15, -0.1) is 0 Å². The van der Waals surface area contributed by atoms with Gasteiger partial charge in [0.1, 0.15) is 0 Å². The first-order valence-electron chi connectivity index (χ1n) is 5.98. The fourth-order valence-electron chi connectivity index (χ4n) is 1.74. The number of carbonyl (C=O) groups excluding carboxylic acids is 2. The summed E-state index contributed by atoms with van der Waals surface area (Å²) in [5.74, 6) is -0.306. The Morgan fingerprint density at radius 2 is 1.94 bits per heavy atom. The Morgan fingerprint density at radius 3 is 2.47 bits per heavy atom. The summed E-state index contributed by atoms with van der Waals surface area (Å²) < 4.78 is 0. The molecule has 1 rings (SSSR count). The Morgan fingerprint density at radius 1 is 1.35 bits per heavy atom. The average molecular weight is 243 g/mol. The highest BCUT2D eigenvalue weighted by molar-refractivity contribution is 5.95. The molecule has 1 fully saturated rings. The second kappa shape index (κ2) is 6.56. The summed E-state index contributed by atoms with van der Waals surface area (Å²) >= 11 is 0. The maximum Gasteiger partial charge on any atom is 0.321 e. The maximum atomic E-state index is 11.5. The Hall–Kier alpha value is -1.14. The lowest BCUT2D eigenvalue weighted by Gasteiger charge is -2.28. The van der Waals surface area contributed by atoms with Crippen molar-refractivity contribution in [3.8, 4) is 0 Å². The van der Waals surface area contributed by atoms with Gasteiger partial charge < -0.3 is 10.4 Å². The van der Waals surface area contributed by atoms with E-state index < -0.39 is 6.03 Å². The van der Waals surface area contributed by atoms with Crippen LogP contribution in [-0.2, 0) is 4.79 Å². The van der Waals surface area contributed by atoms with Crippen LogP contribution in [0.25, 0.3) is 0 Å². The third kappa shape index (κ3) is 5.65. The van der Waals surface area contributed by atoms with E-state index in [-0.39, 0.29) is 24.6 Å². The normalized spacial score (nSPS) is 18.1. The van der Waals surface area contributed by atoms with E-state index >= 15 is 0 Å². The first-order valence-corrected chi connectivity index (χ1v) is 5.98. The smallest absolute Gasteiger partial charge is 0.321 e. The molecular formula is C11H21N3O3. The quantitative estimate of drug-likeness (QED) is 0.634. The minimum Gasteiger partial charge on any atom is -0.393 e. The van der Waals surface area contributed by atoms with Gasteiger partial charge in [0.25, 0.3) is 0 Å². The van der Waals surface area contributed by atoms with E-state index in [0.29, 0.717) is 25.9 Å². The average Bonchev–Trinajstić information content (AvgIpc) is 2.19. The highest BCUT2D eigenvalue weighted by Crippen LogP contribution is 2.08. The summed E-state index contributed by atoms with van der Waals surface area (Å²) in [6.07, 6.45) is 1.12. The van der Waals surface area contributed by atoms with Crippen LogP contribution in [-0.4, -0.2) is 53.7 Å². The van der Waals surface area contributed by atoms with E-state index in [4.69, 9.17) is 0 Å². The van der Waals surface area contributed by atoms with E-state index in [1.807, 2.05) is 18.7 Å². The molecule has 0 radical (unpaired) electrons. The third-order valence-corrected chi connectivity index (χ3v) is 2.60. The fraction of sp³-hybridized carbons (Fsp3) is 0.818. The first-order chi connectivity index (χ1) is 7.97. The minimum absolute atomic E-state index is 0.00735. The second-order valence-electron chi connectivity index (χ2n) is 4.68. The molecule has 0 aliphatic carbocycles. The predicted molar refractivity (Wildman–Crippen MR) is 63.5 cm³/mol. The van der Waals surface area contributed by atoms with Crippen LogP contribution in [0.5, 0.6) is 0 Å². The molecule has 17 heavy (non-hydrogen) atoms. The molecule has 0 bridgehead atoms. The van der Waals surface area contributed by atoms with Crippen molar-refractivity contribution in [2.24, 2.45) is 0 Å². The molecule has 1 saturated heterocycles. The standard InChI is InChI=1S/C11H21N3O3/c1-8(2)12-11(17)13-10(16)7-14-5-3-9(15)4-6-14/h8-9,15H,3-7H2,1-2H3,(H2,12,13,16,17). The number of urea groups is 1. The molecule has 0 spiro atoms. The number of aliphatic hydroxyl groups is 1. The molecule has 3 amide bonds. The molecule has 0 atom stereocenters. The Balaban J connectivity index is 2.23. The van der Waals surface area contributed by atoms with E-state index in [0.717, 1.165) is 0 Å². The third-order valence-electron chi connectivity index (χ3n) is 2.60. The number of hydrogen-bond acceptors (Lipinski definition) is 4. The zero-order valence-electron chi connectivity index (χ0n) is 10.4. The maximum absolute atomic E-state index is 11.5. The van der Waals surface area contributed by atoms with Crippen molar-refractivity contribution in [3.05, 3.63) is 0 Å². The highest BCUT2D eigenvalue weighted by Gasteiger charge is 2.19. The second-order valence-corrected chi connectivity index (χ2v) is 4.68. The number of nitrogens with one attached hydrogen (secondary N) is 2. The van der Waals surface area contributed by atoms with Crippen LogP contribution in [0.15, 0.2) is 0 Å². The number of nitrogens with zero attached hydrogens (tertiary/aromatic N) is 1. The van der Waals surface area contributed by atoms with Gasteiger partial charge >= 0.3 is 6.03 Å². The molecule has 0 aromatic rings. The molecule has 6 heteroatoms. The summed E-state index contributed by atoms with van der Waals surface area (Å²) in [4.78, 5) is 24.7. The van der Waals surface area contributed by atoms with Crippen LogP contribution in [0.3, 0.4) is 0 Å². The van der Waals surface area contributed by atoms with Gasteiger partial charge in [-0.05, 0) is 26.7 Å². The van der Waals surface area contributed by atoms with Crippen LogP contribution < -0.4 is 10.6 Å². The van der Waals surface area contributed by atoms with Crippen molar-refractivity contribution < 1.29 is 14.7 Å². The fourth-order valence-corrected chi connectivity index (χ4v) is 1.74. The van der Waals surface area contributed by atoms with E-state index in [9.17, 15) is 14.7 Å². The summed E-state index contributed by atoms with van der Waals surface area (Å²) in [7, 11) is 0. The van der Waals surface area contributed by atoms with Gasteiger partial charge in [-0.2, -0.15) is 0 Å². The van der Waals surface area contributed by atoms with Gasteiger partial charge in [0, 0.05) is 19.1 Å². The number of carbonyl (C=O) groups is 2. The van der Waals surface area contributed by atoms with Gasteiger partial charge in [0.15, 0.2) is 0 Å². The molecule has 1 aliphatic rings. The van der Waals surface area contributed by atoms with Gasteiger partial charge in [-0.25, -0.2) is 4.79 Å². The Kier molecular flexibility index (Phi) is 5.37. The predicted octanol–water partition coefficient (Wildman–Crippen LogP) is -0.323. The van der Waals surface area contributed by atoms with Crippen LogP contribution in [0, 0.1) is 0 Å². The Bertz CT molecular complexity index is 273. The first kappa shape index (κ1) is 13.9. The van der Waals surface area contributed by atoms with E-state index in [2.05, 4.69) is 10.6 Å². The lowest BCUT2D eigenvalue weighted by Crippen LogP contribution is -2.48. The molecule has 0 aromatic carbocycles. The molecule has 98 valence electrons. The number of amides is 3. The highest BCUT2D eigenvalue weighted by atomic mass is 16.3. The van der Waals surface area contributed by atoms with Gasteiger partial charge in [0.05, 0.1) is 12.6 Å². The summed E-state index contributed by atoms with van der Waals surface area (Å²) in [5, 5.41) is 14.2. The number of aliphatic hydroxyl groups excluding tert-OH is 1. The monoisotopic (exact) mass is 243 g/mol. The van der Waals surface area contributed by atoms with Crippen LogP contribution in [0.4, 0.5) is 4.79 Å². The number of likely N-dealkylation sites (tertiary alicyclic amines) is 1. The minimum atomic E-state index is -0.456. The Labute approximate surface area is 101 Å². The zero-order valence-corrected chi connectivity index (χ0v) is 10.4. The number of piperidine rings is 1. The topological polar surface area (TPSA) is 81.7 Å². The summed E-state index contributed by atoms with van der Waals surface area (Å²) in [6.45, 7) is 5.26. The van der Waals surface area contributed by atoms with Crippen molar-refractivity contribution in [1.29, 1.82) is 0 Å². The molecule has 0 unspecified atom stereocenters. The number of rotatable bonds is 3. The molecule has 1 aliphatic heterocycles. The molecular weight excluding hydrogens is 222 g/mol. The van der Waals surface area contributed by atoms with E-state index in [1.165, 1.54) is 0 Å². The summed E-state index contributed by atoms with van der Waals surface area (Å²) in [6, 6.07) is -0.449. The largest absolute Gasteiger partial charge is 0.393 e. The lowest BCUT2D eigenvalue weighted by atomic mass is 10.1. The van der Waals surface area contributed by atoms with Crippen LogP contribution in [0.2, 0.25) is 0 Å². The molecule has 0 aromatic heterocycles. The van der Waals surface area contributed by atoms with Crippen molar-refractivity contribution in [2.45, 2.75) is 38.8 Å². The van der Waals surface area contributed by atoms with Gasteiger partial charge in [-0.1, -0.05) is 0 Å². The van der Waals surface area contributed by atoms with Gasteiger partial charge in [0.2, 0.25) is 5.91 Å². The molecule has 3 N–H and O–H groups in total. The molecule has 0 saturated carbocycles. The van der Waals surface area contributed by atoms with E-state index in [1.54, 1.807) is 0 Å². The van der Waals surface area contributed by atoms with Gasteiger partial charge in [-0.3, -0.25) is 15.0 Å². The number of hydrogen-bond donors (Lipinski definition) is 3.